The van der Waals surface area contributed by atoms with Crippen LogP contribution < -0.4 is 0 Å². The van der Waals surface area contributed by atoms with Crippen LogP contribution in [0.1, 0.15) is 0 Å². The van der Waals surface area contributed by atoms with Gasteiger partial charge in [-0.3, -0.25) is 4.40 Å². The van der Waals surface area contributed by atoms with E-state index in [9.17, 15) is 0 Å². The third kappa shape index (κ3) is 1.78. The molecule has 5 aromatic rings. The molecule has 1 aromatic carbocycles. The van der Waals surface area contributed by atoms with E-state index in [-0.39, 0.29) is 0 Å². The first-order valence-electron chi connectivity index (χ1n) is 6.49. The molecule has 0 amide bonds. The van der Waals surface area contributed by atoms with Crippen molar-refractivity contribution in [1.29, 1.82) is 0 Å². The first-order chi connectivity index (χ1) is 10.9. The van der Waals surface area contributed by atoms with Crippen molar-refractivity contribution in [2.45, 2.75) is 10.2 Å². The first kappa shape index (κ1) is 12.5. The number of fused-ring (bicyclic) bond motifs is 4. The predicted octanol–water partition coefficient (Wildman–Crippen LogP) is 4.10. The van der Waals surface area contributed by atoms with E-state index in [1.165, 1.54) is 16.5 Å². The van der Waals surface area contributed by atoms with Crippen molar-refractivity contribution in [3.8, 4) is 0 Å². The number of hydrogen-bond acceptors (Lipinski definition) is 7. The molecule has 0 N–H and O–H groups in total. The molecule has 4 aromatic heterocycles. The highest BCUT2D eigenvalue weighted by molar-refractivity contribution is 7.99. The van der Waals surface area contributed by atoms with Crippen molar-refractivity contribution in [2.24, 2.45) is 0 Å². The number of nitrogens with zero attached hydrogens (tertiary/aromatic N) is 5. The van der Waals surface area contributed by atoms with Crippen molar-refractivity contribution in [3.05, 3.63) is 42.0 Å². The number of benzene rings is 1. The van der Waals surface area contributed by atoms with Crippen LogP contribution in [0.25, 0.3) is 25.4 Å². The summed E-state index contributed by atoms with van der Waals surface area (Å²) in [6.07, 6.45) is 1.60. The normalized spacial score (nSPS) is 11.8. The van der Waals surface area contributed by atoms with E-state index in [4.69, 9.17) is 0 Å². The predicted molar refractivity (Wildman–Crippen MR) is 89.9 cm³/mol. The van der Waals surface area contributed by atoms with E-state index in [0.29, 0.717) is 0 Å². The van der Waals surface area contributed by atoms with Crippen LogP contribution in [-0.2, 0) is 0 Å². The van der Waals surface area contributed by atoms with Gasteiger partial charge < -0.3 is 0 Å². The molecular weight excluding hydrogens is 334 g/mol. The average molecular weight is 341 g/mol. The van der Waals surface area contributed by atoms with Crippen LogP contribution in [0.2, 0.25) is 0 Å². The minimum atomic E-state index is 0.834. The molecule has 4 heterocycles. The van der Waals surface area contributed by atoms with Crippen molar-refractivity contribution in [3.63, 3.8) is 0 Å². The van der Waals surface area contributed by atoms with E-state index < -0.39 is 0 Å². The van der Waals surface area contributed by atoms with Gasteiger partial charge in [-0.05, 0) is 35.3 Å². The summed E-state index contributed by atoms with van der Waals surface area (Å²) in [7, 11) is 0. The lowest BCUT2D eigenvalue weighted by Gasteiger charge is -2.00. The minimum absolute atomic E-state index is 0.834. The van der Waals surface area contributed by atoms with Crippen LogP contribution in [0.15, 0.2) is 52.2 Å². The monoisotopic (exact) mass is 341 g/mol. The lowest BCUT2D eigenvalue weighted by Crippen LogP contribution is -1.88. The van der Waals surface area contributed by atoms with E-state index in [2.05, 4.69) is 36.7 Å². The van der Waals surface area contributed by atoms with Gasteiger partial charge in [-0.15, -0.1) is 21.5 Å². The molecule has 0 radical (unpaired) electrons. The highest BCUT2D eigenvalue weighted by Gasteiger charge is 2.15. The summed E-state index contributed by atoms with van der Waals surface area (Å²) < 4.78 is 4.38. The molecule has 0 saturated heterocycles. The number of thiophene rings is 1. The molecule has 5 rings (SSSR count). The standard InChI is InChI=1S/C14H7N5S3/c1-2-4-10-9(3-1)19-13(21-10)17-18-14(19)22-12-11-8(5-6-20-11)15-7-16-12/h1-7H. The topological polar surface area (TPSA) is 56.0 Å². The van der Waals surface area contributed by atoms with Gasteiger partial charge in [-0.25, -0.2) is 9.97 Å². The Morgan fingerprint density at radius 3 is 3.00 bits per heavy atom. The molecule has 0 unspecified atom stereocenters. The molecule has 5 nitrogen and oxygen atoms in total. The number of hydrogen-bond donors (Lipinski definition) is 0. The van der Waals surface area contributed by atoms with Crippen LogP contribution >= 0.6 is 34.4 Å². The van der Waals surface area contributed by atoms with E-state index in [1.54, 1.807) is 29.0 Å². The van der Waals surface area contributed by atoms with Gasteiger partial charge in [-0.2, -0.15) is 0 Å². The second-order valence-corrected chi connectivity index (χ2v) is 7.47. The van der Waals surface area contributed by atoms with Crippen molar-refractivity contribution < 1.29 is 0 Å². The van der Waals surface area contributed by atoms with Crippen LogP contribution in [0, 0.1) is 0 Å². The third-order valence-corrected chi connectivity index (χ3v) is 6.31. The lowest BCUT2D eigenvalue weighted by atomic mass is 10.3. The molecular formula is C14H7N5S3. The Balaban J connectivity index is 1.72. The van der Waals surface area contributed by atoms with Gasteiger partial charge in [0.2, 0.25) is 10.1 Å². The Labute approximate surface area is 136 Å². The zero-order valence-corrected chi connectivity index (χ0v) is 13.5. The molecule has 0 fully saturated rings. The SMILES string of the molecule is c1ccc2c(c1)sc1nnc(Sc3ncnc4ccsc34)n12. The fourth-order valence-corrected chi connectivity index (χ4v) is 5.19. The number of aromatic nitrogens is 5. The summed E-state index contributed by atoms with van der Waals surface area (Å²) in [6, 6.07) is 10.3. The van der Waals surface area contributed by atoms with Crippen LogP contribution in [-0.4, -0.2) is 24.6 Å². The largest absolute Gasteiger partial charge is 0.260 e. The Morgan fingerprint density at radius 2 is 2.00 bits per heavy atom. The van der Waals surface area contributed by atoms with Crippen molar-refractivity contribution >= 4 is 59.8 Å². The average Bonchev–Trinajstić information content (AvgIpc) is 3.23. The van der Waals surface area contributed by atoms with Crippen LogP contribution in [0.4, 0.5) is 0 Å². The summed E-state index contributed by atoms with van der Waals surface area (Å²) in [5.41, 5.74) is 2.10. The second-order valence-electron chi connectivity index (χ2n) is 4.59. The molecule has 0 spiro atoms. The van der Waals surface area contributed by atoms with Crippen LogP contribution in [0.5, 0.6) is 0 Å². The van der Waals surface area contributed by atoms with Crippen molar-refractivity contribution in [1.82, 2.24) is 24.6 Å². The highest BCUT2D eigenvalue weighted by atomic mass is 32.2. The van der Waals surface area contributed by atoms with Crippen molar-refractivity contribution in [2.75, 3.05) is 0 Å². The Morgan fingerprint density at radius 1 is 1.05 bits per heavy atom. The summed E-state index contributed by atoms with van der Waals surface area (Å²) in [5, 5.41) is 12.4. The summed E-state index contributed by atoms with van der Waals surface area (Å²) in [5.74, 6) is 0. The fourth-order valence-electron chi connectivity index (χ4n) is 2.35. The molecule has 0 bridgehead atoms. The number of para-hydroxylation sites is 1. The van der Waals surface area contributed by atoms with Gasteiger partial charge in [0.25, 0.3) is 0 Å². The molecule has 0 saturated carbocycles. The maximum atomic E-state index is 4.41. The molecule has 106 valence electrons. The Hall–Kier alpha value is -2.03. The Kier molecular flexibility index (Phi) is 2.69. The van der Waals surface area contributed by atoms with Gasteiger partial charge in [0.05, 0.1) is 20.4 Å². The smallest absolute Gasteiger partial charge is 0.217 e. The zero-order chi connectivity index (χ0) is 14.5. The van der Waals surface area contributed by atoms with Gasteiger partial charge in [-0.1, -0.05) is 23.5 Å². The summed E-state index contributed by atoms with van der Waals surface area (Å²) >= 11 is 4.82. The maximum Gasteiger partial charge on any atom is 0.217 e. The molecule has 0 aliphatic heterocycles. The molecule has 0 aliphatic rings. The molecule has 22 heavy (non-hydrogen) atoms. The highest BCUT2D eigenvalue weighted by Crippen LogP contribution is 2.35. The van der Waals surface area contributed by atoms with Crippen LogP contribution in [0.3, 0.4) is 0 Å². The van der Waals surface area contributed by atoms with Gasteiger partial charge in [0.15, 0.2) is 0 Å². The molecule has 0 aliphatic carbocycles. The lowest BCUT2D eigenvalue weighted by molar-refractivity contribution is 0.937. The second kappa shape index (κ2) is 4.73. The quantitative estimate of drug-likeness (QED) is 0.452. The third-order valence-electron chi connectivity index (χ3n) is 3.31. The van der Waals surface area contributed by atoms with Gasteiger partial charge in [0.1, 0.15) is 11.4 Å². The van der Waals surface area contributed by atoms with E-state index in [0.717, 1.165) is 30.9 Å². The van der Waals surface area contributed by atoms with Gasteiger partial charge in [0, 0.05) is 0 Å². The fraction of sp³-hybridized carbons (Fsp3) is 0. The Bertz CT molecular complexity index is 1120. The van der Waals surface area contributed by atoms with Gasteiger partial charge >= 0.3 is 0 Å². The summed E-state index contributed by atoms with van der Waals surface area (Å²) in [6.45, 7) is 0. The molecule has 8 heteroatoms. The first-order valence-corrected chi connectivity index (χ1v) is 9.00. The number of rotatable bonds is 2. The summed E-state index contributed by atoms with van der Waals surface area (Å²) in [4.78, 5) is 9.59. The number of thiazole rings is 1. The van der Waals surface area contributed by atoms with E-state index in [1.807, 2.05) is 23.6 Å². The zero-order valence-electron chi connectivity index (χ0n) is 11.0. The van der Waals surface area contributed by atoms with E-state index >= 15 is 0 Å². The molecule has 0 atom stereocenters. The minimum Gasteiger partial charge on any atom is -0.260 e. The maximum absolute atomic E-state index is 4.41.